The van der Waals surface area contributed by atoms with Gasteiger partial charge >= 0.3 is 17.9 Å². The molecular weight excluding hydrogens is 480 g/mol. The molecule has 0 bridgehead atoms. The molecule has 38 heavy (non-hydrogen) atoms. The lowest BCUT2D eigenvalue weighted by Gasteiger charge is -2.04. The van der Waals surface area contributed by atoms with Gasteiger partial charge in [0.05, 0.1) is 6.61 Å². The molecule has 0 saturated heterocycles. The van der Waals surface area contributed by atoms with E-state index in [1.165, 1.54) is 110 Å². The van der Waals surface area contributed by atoms with Crippen molar-refractivity contribution in [2.75, 3.05) is 6.61 Å². The van der Waals surface area contributed by atoms with Gasteiger partial charge in [-0.2, -0.15) is 0 Å². The van der Waals surface area contributed by atoms with Gasteiger partial charge in [0.2, 0.25) is 0 Å². The first-order valence-corrected chi connectivity index (χ1v) is 15.0. The van der Waals surface area contributed by atoms with E-state index < -0.39 is 11.9 Å². The quantitative estimate of drug-likeness (QED) is 0.0760. The molecule has 224 valence electrons. The monoisotopic (exact) mass is 540 g/mol. The maximum atomic E-state index is 11.1. The maximum Gasteiger partial charge on any atom is 0.333 e. The van der Waals surface area contributed by atoms with Crippen molar-refractivity contribution in [2.45, 2.75) is 156 Å². The molecule has 0 aromatic carbocycles. The minimum atomic E-state index is -0.935. The summed E-state index contributed by atoms with van der Waals surface area (Å²) in [4.78, 5) is 30.9. The summed E-state index contributed by atoms with van der Waals surface area (Å²) >= 11 is 0. The summed E-state index contributed by atoms with van der Waals surface area (Å²) in [5.74, 6) is -1.85. The molecule has 0 atom stereocenters. The first kappa shape index (κ1) is 40.4. The van der Waals surface area contributed by atoms with Gasteiger partial charge in [-0.1, -0.05) is 136 Å². The molecule has 0 saturated carbocycles. The van der Waals surface area contributed by atoms with Gasteiger partial charge in [-0.15, -0.1) is 0 Å². The van der Waals surface area contributed by atoms with Crippen LogP contribution in [0.3, 0.4) is 0 Å². The zero-order valence-electron chi connectivity index (χ0n) is 25.3. The van der Waals surface area contributed by atoms with Crippen molar-refractivity contribution in [1.29, 1.82) is 0 Å². The fourth-order valence-electron chi connectivity index (χ4n) is 3.46. The number of carbonyl (C=O) groups excluding carboxylic acids is 1. The molecule has 0 fully saturated rings. The largest absolute Gasteiger partial charge is 0.481 e. The molecule has 0 spiro atoms. The smallest absolute Gasteiger partial charge is 0.333 e. The summed E-state index contributed by atoms with van der Waals surface area (Å²) in [6, 6.07) is 0. The predicted octanol–water partition coefficient (Wildman–Crippen LogP) is 9.67. The van der Waals surface area contributed by atoms with Crippen LogP contribution < -0.4 is 0 Å². The molecule has 0 unspecified atom stereocenters. The van der Waals surface area contributed by atoms with E-state index in [0.717, 1.165) is 19.3 Å². The van der Waals surface area contributed by atoms with E-state index in [1.54, 1.807) is 6.92 Å². The number of carboxylic acids is 2. The van der Waals surface area contributed by atoms with Crippen molar-refractivity contribution in [3.8, 4) is 0 Å². The minimum Gasteiger partial charge on any atom is -0.481 e. The summed E-state index contributed by atoms with van der Waals surface area (Å²) in [7, 11) is 0. The lowest BCUT2D eigenvalue weighted by Crippen LogP contribution is -2.05. The SMILES string of the molecule is C=C(C)C(=O)O.C=C(C)C(=O)OCCCCCCCCCCCC.CCCCCCCCCCCC(=O)O. The van der Waals surface area contributed by atoms with E-state index in [2.05, 4.69) is 27.0 Å². The molecule has 0 aromatic heterocycles. The first-order chi connectivity index (χ1) is 18.1. The number of unbranched alkanes of at least 4 members (excludes halogenated alkanes) is 17. The highest BCUT2D eigenvalue weighted by Gasteiger charge is 2.01. The first-order valence-electron chi connectivity index (χ1n) is 15.0. The topological polar surface area (TPSA) is 101 Å². The number of ether oxygens (including phenoxy) is 1. The highest BCUT2D eigenvalue weighted by molar-refractivity contribution is 5.86. The molecule has 0 amide bonds. The number of carbonyl (C=O) groups is 3. The Balaban J connectivity index is -0.000000542. The number of hydrogen-bond donors (Lipinski definition) is 2. The average molecular weight is 541 g/mol. The van der Waals surface area contributed by atoms with Crippen LogP contribution in [0.1, 0.15) is 156 Å². The second-order valence-electron chi connectivity index (χ2n) is 10.2. The Bertz CT molecular complexity index is 585. The van der Waals surface area contributed by atoms with Gasteiger partial charge in [0.15, 0.2) is 0 Å². The van der Waals surface area contributed by atoms with E-state index in [0.29, 0.717) is 18.6 Å². The summed E-state index contributed by atoms with van der Waals surface area (Å²) in [5.41, 5.74) is 0.664. The van der Waals surface area contributed by atoms with Gasteiger partial charge in [0.1, 0.15) is 0 Å². The Kier molecular flexibility index (Phi) is 35.0. The summed E-state index contributed by atoms with van der Waals surface area (Å²) in [5, 5.41) is 16.3. The molecule has 0 aromatic rings. The highest BCUT2D eigenvalue weighted by atomic mass is 16.5. The molecule has 6 heteroatoms. The Morgan fingerprint density at radius 3 is 1.16 bits per heavy atom. The molecule has 0 aliphatic carbocycles. The van der Waals surface area contributed by atoms with Crippen molar-refractivity contribution in [3.05, 3.63) is 24.3 Å². The van der Waals surface area contributed by atoms with Crippen LogP contribution in [-0.4, -0.2) is 34.7 Å². The molecule has 0 aliphatic rings. The van der Waals surface area contributed by atoms with Crippen LogP contribution in [0.25, 0.3) is 0 Å². The second kappa shape index (κ2) is 32.9. The summed E-state index contributed by atoms with van der Waals surface area (Å²) in [6.45, 7) is 14.9. The van der Waals surface area contributed by atoms with Gasteiger partial charge in [0, 0.05) is 17.6 Å². The van der Waals surface area contributed by atoms with Crippen LogP contribution >= 0.6 is 0 Å². The number of hydrogen-bond acceptors (Lipinski definition) is 4. The van der Waals surface area contributed by atoms with Crippen LogP contribution in [-0.2, 0) is 19.1 Å². The van der Waals surface area contributed by atoms with E-state index in [9.17, 15) is 14.4 Å². The fraction of sp³-hybridized carbons (Fsp3) is 0.781. The lowest BCUT2D eigenvalue weighted by molar-refractivity contribution is -0.139. The van der Waals surface area contributed by atoms with Crippen LogP contribution in [0, 0.1) is 0 Å². The van der Waals surface area contributed by atoms with Crippen LogP contribution in [0.5, 0.6) is 0 Å². The molecule has 0 radical (unpaired) electrons. The zero-order valence-corrected chi connectivity index (χ0v) is 25.3. The minimum absolute atomic E-state index is 0.176. The average Bonchev–Trinajstić information content (AvgIpc) is 2.86. The van der Waals surface area contributed by atoms with Crippen LogP contribution in [0.15, 0.2) is 24.3 Å². The second-order valence-corrected chi connectivity index (χ2v) is 10.2. The van der Waals surface area contributed by atoms with E-state index in [1.807, 2.05) is 0 Å². The van der Waals surface area contributed by atoms with Gasteiger partial charge in [-0.05, 0) is 26.7 Å². The standard InChI is InChI=1S/C16H30O2.C12H24O2.C4H6O2/c1-4-5-6-7-8-9-10-11-12-13-14-18-16(17)15(2)3;1-2-3-4-5-6-7-8-9-10-11-12(13)14;1-3(2)4(5)6/h2,4-14H2,1,3H3;2-11H2,1H3,(H,13,14);1H2,2H3,(H,5,6). The van der Waals surface area contributed by atoms with E-state index in [4.69, 9.17) is 14.9 Å². The Hall–Kier alpha value is -2.11. The molecule has 0 rings (SSSR count). The van der Waals surface area contributed by atoms with Gasteiger partial charge in [-0.3, -0.25) is 4.79 Å². The molecule has 6 nitrogen and oxygen atoms in total. The molecule has 0 aliphatic heterocycles. The highest BCUT2D eigenvalue weighted by Crippen LogP contribution is 2.11. The summed E-state index contributed by atoms with van der Waals surface area (Å²) < 4.78 is 5.04. The maximum absolute atomic E-state index is 11.1. The number of carboxylic acid groups (broad SMARTS) is 2. The van der Waals surface area contributed by atoms with Crippen molar-refractivity contribution in [1.82, 2.24) is 0 Å². The van der Waals surface area contributed by atoms with Crippen molar-refractivity contribution in [3.63, 3.8) is 0 Å². The number of esters is 1. The lowest BCUT2D eigenvalue weighted by atomic mass is 10.1. The predicted molar refractivity (Wildman–Crippen MR) is 160 cm³/mol. The van der Waals surface area contributed by atoms with Crippen LogP contribution in [0.2, 0.25) is 0 Å². The Morgan fingerprint density at radius 1 is 0.553 bits per heavy atom. The third kappa shape index (κ3) is 41.0. The van der Waals surface area contributed by atoms with Crippen LogP contribution in [0.4, 0.5) is 0 Å². The van der Waals surface area contributed by atoms with E-state index >= 15 is 0 Å². The third-order valence-corrected chi connectivity index (χ3v) is 5.94. The van der Waals surface area contributed by atoms with Crippen molar-refractivity contribution in [2.24, 2.45) is 0 Å². The molecule has 2 N–H and O–H groups in total. The number of rotatable bonds is 23. The van der Waals surface area contributed by atoms with E-state index in [-0.39, 0.29) is 11.5 Å². The molecule has 0 heterocycles. The molecular formula is C32H60O6. The third-order valence-electron chi connectivity index (χ3n) is 5.94. The normalized spacial score (nSPS) is 9.89. The van der Waals surface area contributed by atoms with Gasteiger partial charge < -0.3 is 14.9 Å². The number of aliphatic carboxylic acids is 2. The summed E-state index contributed by atoms with van der Waals surface area (Å²) in [6.07, 6.45) is 24.4. The van der Waals surface area contributed by atoms with Gasteiger partial charge in [0.25, 0.3) is 0 Å². The Morgan fingerprint density at radius 2 is 0.868 bits per heavy atom. The Labute approximate surface area is 234 Å². The zero-order chi connectivity index (χ0) is 29.4. The van der Waals surface area contributed by atoms with Crippen molar-refractivity contribution < 1.29 is 29.3 Å². The fourth-order valence-corrected chi connectivity index (χ4v) is 3.46. The van der Waals surface area contributed by atoms with Crippen molar-refractivity contribution >= 4 is 17.9 Å². The van der Waals surface area contributed by atoms with Gasteiger partial charge in [-0.25, -0.2) is 9.59 Å².